The van der Waals surface area contributed by atoms with E-state index < -0.39 is 17.7 Å². The van der Waals surface area contributed by atoms with Crippen LogP contribution < -0.4 is 5.32 Å². The Morgan fingerprint density at radius 1 is 1.20 bits per heavy atom. The molecule has 1 saturated carbocycles. The van der Waals surface area contributed by atoms with Crippen LogP contribution >= 0.6 is 0 Å². The average Bonchev–Trinajstić information content (AvgIpc) is 3.20. The zero-order valence-electron chi connectivity index (χ0n) is 14.5. The highest BCUT2D eigenvalue weighted by Gasteiger charge is 2.62. The third kappa shape index (κ3) is 3.98. The summed E-state index contributed by atoms with van der Waals surface area (Å²) < 4.78 is 26.0. The van der Waals surface area contributed by atoms with E-state index in [1.165, 1.54) is 4.90 Å². The second kappa shape index (κ2) is 6.71. The van der Waals surface area contributed by atoms with E-state index >= 15 is 0 Å². The Labute approximate surface area is 146 Å². The van der Waals surface area contributed by atoms with Crippen molar-refractivity contribution in [3.63, 3.8) is 0 Å². The van der Waals surface area contributed by atoms with E-state index in [1.54, 1.807) is 0 Å². The molecule has 1 aliphatic heterocycles. The van der Waals surface area contributed by atoms with Crippen molar-refractivity contribution in [3.05, 3.63) is 29.3 Å². The number of piperazine rings is 1. The molecule has 0 bridgehead atoms. The van der Waals surface area contributed by atoms with Gasteiger partial charge in [-0.05, 0) is 31.0 Å². The zero-order chi connectivity index (χ0) is 18.2. The number of amides is 2. The maximum absolute atomic E-state index is 13.0. The highest BCUT2D eigenvalue weighted by molar-refractivity contribution is 5.93. The minimum Gasteiger partial charge on any atom is -0.340 e. The lowest BCUT2D eigenvalue weighted by molar-refractivity contribution is -0.136. The van der Waals surface area contributed by atoms with Gasteiger partial charge in [0.2, 0.25) is 11.8 Å². The van der Waals surface area contributed by atoms with Gasteiger partial charge in [0.15, 0.2) is 0 Å². The van der Waals surface area contributed by atoms with Gasteiger partial charge in [-0.1, -0.05) is 12.1 Å². The molecule has 25 heavy (non-hydrogen) atoms. The third-order valence-electron chi connectivity index (χ3n) is 5.05. The van der Waals surface area contributed by atoms with E-state index in [0.29, 0.717) is 26.2 Å². The van der Waals surface area contributed by atoms with Crippen LogP contribution in [0.25, 0.3) is 0 Å². The highest BCUT2D eigenvalue weighted by Crippen LogP contribution is 2.49. The first kappa shape index (κ1) is 17.8. The molecule has 1 heterocycles. The lowest BCUT2D eigenvalue weighted by Gasteiger charge is -2.34. The molecule has 1 unspecified atom stereocenters. The molecular formula is C18H23F2N3O2. The molecule has 5 nitrogen and oxygen atoms in total. The summed E-state index contributed by atoms with van der Waals surface area (Å²) in [6, 6.07) is 5.76. The molecule has 1 N–H and O–H groups in total. The smallest absolute Gasteiger partial charge is 0.260 e. The van der Waals surface area contributed by atoms with E-state index in [0.717, 1.165) is 16.8 Å². The number of hydrogen-bond donors (Lipinski definition) is 1. The van der Waals surface area contributed by atoms with Gasteiger partial charge in [0.1, 0.15) is 5.92 Å². The van der Waals surface area contributed by atoms with E-state index in [9.17, 15) is 18.4 Å². The molecule has 2 amide bonds. The Kier molecular flexibility index (Phi) is 4.77. The van der Waals surface area contributed by atoms with Gasteiger partial charge in [-0.2, -0.15) is 0 Å². The standard InChI is InChI=1S/C18H23F2N3O2/c1-12-4-3-5-15(13(12)2)21-16(24)11-22-6-8-23(9-7-22)17(25)14-10-18(14,19)20/h3-5,14H,6-11H2,1-2H3,(H,21,24). The molecule has 1 aliphatic carbocycles. The molecule has 7 heteroatoms. The van der Waals surface area contributed by atoms with E-state index in [-0.39, 0.29) is 18.9 Å². The maximum Gasteiger partial charge on any atom is 0.260 e. The summed E-state index contributed by atoms with van der Waals surface area (Å²) >= 11 is 0. The molecule has 3 rings (SSSR count). The van der Waals surface area contributed by atoms with Crippen LogP contribution in [-0.2, 0) is 9.59 Å². The Morgan fingerprint density at radius 2 is 1.84 bits per heavy atom. The molecular weight excluding hydrogens is 328 g/mol. The van der Waals surface area contributed by atoms with Gasteiger partial charge in [0, 0.05) is 38.3 Å². The van der Waals surface area contributed by atoms with Crippen molar-refractivity contribution in [3.8, 4) is 0 Å². The summed E-state index contributed by atoms with van der Waals surface area (Å²) in [6.45, 7) is 6.00. The summed E-state index contributed by atoms with van der Waals surface area (Å²) in [6.07, 6.45) is -0.329. The van der Waals surface area contributed by atoms with Crippen molar-refractivity contribution >= 4 is 17.5 Å². The van der Waals surface area contributed by atoms with Crippen molar-refractivity contribution in [2.75, 3.05) is 38.0 Å². The minimum atomic E-state index is -2.82. The fraction of sp³-hybridized carbons (Fsp3) is 0.556. The fourth-order valence-corrected chi connectivity index (χ4v) is 3.11. The first-order valence-corrected chi connectivity index (χ1v) is 8.53. The van der Waals surface area contributed by atoms with Crippen molar-refractivity contribution in [1.29, 1.82) is 0 Å². The summed E-state index contributed by atoms with van der Waals surface area (Å²) in [5.41, 5.74) is 2.95. The van der Waals surface area contributed by atoms with Gasteiger partial charge in [0.05, 0.1) is 6.54 Å². The summed E-state index contributed by atoms with van der Waals surface area (Å²) in [5.74, 6) is -4.52. The van der Waals surface area contributed by atoms with Crippen LogP contribution in [0.3, 0.4) is 0 Å². The van der Waals surface area contributed by atoms with Gasteiger partial charge >= 0.3 is 0 Å². The van der Waals surface area contributed by atoms with Crippen molar-refractivity contribution in [2.45, 2.75) is 26.2 Å². The Bertz CT molecular complexity index is 685. The van der Waals surface area contributed by atoms with Gasteiger partial charge in [0.25, 0.3) is 5.92 Å². The average molecular weight is 351 g/mol. The van der Waals surface area contributed by atoms with Gasteiger partial charge in [-0.15, -0.1) is 0 Å². The lowest BCUT2D eigenvalue weighted by atomic mass is 10.1. The van der Waals surface area contributed by atoms with Crippen LogP contribution in [0.15, 0.2) is 18.2 Å². The second-order valence-corrected chi connectivity index (χ2v) is 6.91. The number of carbonyl (C=O) groups excluding carboxylic acids is 2. The Balaban J connectivity index is 1.46. The number of alkyl halides is 2. The van der Waals surface area contributed by atoms with Crippen molar-refractivity contribution in [1.82, 2.24) is 9.80 Å². The summed E-state index contributed by atoms with van der Waals surface area (Å²) in [7, 11) is 0. The zero-order valence-corrected chi connectivity index (χ0v) is 14.5. The first-order valence-electron chi connectivity index (χ1n) is 8.53. The van der Waals surface area contributed by atoms with Gasteiger partial charge in [-0.3, -0.25) is 14.5 Å². The van der Waals surface area contributed by atoms with Crippen LogP contribution in [0.1, 0.15) is 17.5 Å². The first-order chi connectivity index (χ1) is 11.8. The minimum absolute atomic E-state index is 0.109. The normalized spacial score (nSPS) is 22.6. The number of rotatable bonds is 4. The number of anilines is 1. The molecule has 136 valence electrons. The van der Waals surface area contributed by atoms with Crippen LogP contribution in [0.2, 0.25) is 0 Å². The molecule has 1 aromatic carbocycles. The van der Waals surface area contributed by atoms with Crippen LogP contribution in [-0.4, -0.2) is 60.3 Å². The van der Waals surface area contributed by atoms with Crippen LogP contribution in [0, 0.1) is 19.8 Å². The van der Waals surface area contributed by atoms with E-state index in [1.807, 2.05) is 36.9 Å². The molecule has 2 fully saturated rings. The van der Waals surface area contributed by atoms with Crippen molar-refractivity contribution < 1.29 is 18.4 Å². The van der Waals surface area contributed by atoms with E-state index in [4.69, 9.17) is 0 Å². The third-order valence-corrected chi connectivity index (χ3v) is 5.05. The number of nitrogens with zero attached hydrogens (tertiary/aromatic N) is 2. The SMILES string of the molecule is Cc1cccc(NC(=O)CN2CCN(C(=O)C3CC3(F)F)CC2)c1C. The number of nitrogens with one attached hydrogen (secondary N) is 1. The number of halogens is 2. The second-order valence-electron chi connectivity index (χ2n) is 6.91. The summed E-state index contributed by atoms with van der Waals surface area (Å²) in [4.78, 5) is 27.6. The largest absolute Gasteiger partial charge is 0.340 e. The Morgan fingerprint density at radius 3 is 2.44 bits per heavy atom. The topological polar surface area (TPSA) is 52.7 Å². The maximum atomic E-state index is 13.0. The van der Waals surface area contributed by atoms with Crippen molar-refractivity contribution in [2.24, 2.45) is 5.92 Å². The van der Waals surface area contributed by atoms with Crippen LogP contribution in [0.5, 0.6) is 0 Å². The fourth-order valence-electron chi connectivity index (χ4n) is 3.11. The van der Waals surface area contributed by atoms with Gasteiger partial charge < -0.3 is 10.2 Å². The van der Waals surface area contributed by atoms with Gasteiger partial charge in [-0.25, -0.2) is 8.78 Å². The lowest BCUT2D eigenvalue weighted by Crippen LogP contribution is -2.51. The number of aryl methyl sites for hydroxylation is 1. The predicted octanol–water partition coefficient (Wildman–Crippen LogP) is 2.04. The highest BCUT2D eigenvalue weighted by atomic mass is 19.3. The Hall–Kier alpha value is -2.02. The molecule has 1 atom stereocenters. The quantitative estimate of drug-likeness (QED) is 0.903. The van der Waals surface area contributed by atoms with Crippen LogP contribution in [0.4, 0.5) is 14.5 Å². The number of carbonyl (C=O) groups is 2. The number of hydrogen-bond acceptors (Lipinski definition) is 3. The molecule has 0 aromatic heterocycles. The predicted molar refractivity (Wildman–Crippen MR) is 90.6 cm³/mol. The molecule has 1 saturated heterocycles. The molecule has 2 aliphatic rings. The molecule has 0 radical (unpaired) electrons. The molecule has 1 aromatic rings. The number of benzene rings is 1. The summed E-state index contributed by atoms with van der Waals surface area (Å²) in [5, 5.41) is 2.91. The monoisotopic (exact) mass is 351 g/mol. The van der Waals surface area contributed by atoms with E-state index in [2.05, 4.69) is 5.32 Å². The molecule has 0 spiro atoms.